The maximum absolute atomic E-state index is 5.86. The molecule has 1 atom stereocenters. The van der Waals surface area contributed by atoms with E-state index in [1.807, 2.05) is 18.2 Å². The Morgan fingerprint density at radius 3 is 3.15 bits per heavy atom. The van der Waals surface area contributed by atoms with Crippen molar-refractivity contribution < 1.29 is 4.74 Å². The van der Waals surface area contributed by atoms with E-state index in [9.17, 15) is 0 Å². The van der Waals surface area contributed by atoms with Gasteiger partial charge in [0.15, 0.2) is 0 Å². The predicted octanol–water partition coefficient (Wildman–Crippen LogP) is 1.99. The highest BCUT2D eigenvalue weighted by Gasteiger charge is 2.18. The number of fused-ring (bicyclic) bond motifs is 1. The molecule has 13 heavy (non-hydrogen) atoms. The fourth-order valence-electron chi connectivity index (χ4n) is 1.57. The van der Waals surface area contributed by atoms with Crippen LogP contribution >= 0.6 is 11.6 Å². The second-order valence-corrected chi connectivity index (χ2v) is 3.70. The Morgan fingerprint density at radius 1 is 1.54 bits per heavy atom. The van der Waals surface area contributed by atoms with Gasteiger partial charge in [-0.1, -0.05) is 17.7 Å². The van der Waals surface area contributed by atoms with Crippen molar-refractivity contribution in [1.29, 1.82) is 0 Å². The first-order valence-electron chi connectivity index (χ1n) is 4.45. The van der Waals surface area contributed by atoms with Crippen LogP contribution in [0, 0.1) is 0 Å². The van der Waals surface area contributed by atoms with Gasteiger partial charge in [-0.2, -0.15) is 0 Å². The van der Waals surface area contributed by atoms with Crippen molar-refractivity contribution in [2.24, 2.45) is 5.73 Å². The quantitative estimate of drug-likeness (QED) is 0.748. The van der Waals surface area contributed by atoms with Crippen LogP contribution in [0.15, 0.2) is 18.2 Å². The third-order valence-corrected chi connectivity index (χ3v) is 2.56. The second-order valence-electron chi connectivity index (χ2n) is 3.27. The Labute approximate surface area is 82.6 Å². The summed E-state index contributed by atoms with van der Waals surface area (Å²) in [5.74, 6) is 0.897. The molecule has 3 heteroatoms. The molecule has 1 aliphatic heterocycles. The van der Waals surface area contributed by atoms with Crippen LogP contribution in [0.2, 0.25) is 5.02 Å². The van der Waals surface area contributed by atoms with E-state index in [-0.39, 0.29) is 6.10 Å². The molecule has 0 aromatic heterocycles. The zero-order valence-electron chi connectivity index (χ0n) is 7.29. The van der Waals surface area contributed by atoms with E-state index >= 15 is 0 Å². The summed E-state index contributed by atoms with van der Waals surface area (Å²) in [5, 5.41) is 0.719. The minimum Gasteiger partial charge on any atom is -0.489 e. The SMILES string of the molecule is NCC1CCc2ccc(Cl)cc2O1. The maximum Gasteiger partial charge on any atom is 0.124 e. The van der Waals surface area contributed by atoms with Gasteiger partial charge in [0.05, 0.1) is 0 Å². The molecule has 2 rings (SSSR count). The van der Waals surface area contributed by atoms with E-state index in [1.165, 1.54) is 5.56 Å². The molecular formula is C10H12ClNO. The van der Waals surface area contributed by atoms with E-state index in [1.54, 1.807) is 0 Å². The largest absolute Gasteiger partial charge is 0.489 e. The van der Waals surface area contributed by atoms with Gasteiger partial charge in [0.2, 0.25) is 0 Å². The molecule has 1 aromatic carbocycles. The zero-order chi connectivity index (χ0) is 9.26. The van der Waals surface area contributed by atoms with Gasteiger partial charge in [-0.05, 0) is 30.5 Å². The topological polar surface area (TPSA) is 35.2 Å². The summed E-state index contributed by atoms with van der Waals surface area (Å²) >= 11 is 5.86. The highest BCUT2D eigenvalue weighted by atomic mass is 35.5. The Kier molecular flexibility index (Phi) is 2.42. The number of halogens is 1. The number of aryl methyl sites for hydroxylation is 1. The van der Waals surface area contributed by atoms with Crippen LogP contribution in [-0.4, -0.2) is 12.6 Å². The normalized spacial score (nSPS) is 20.6. The fraction of sp³-hybridized carbons (Fsp3) is 0.400. The monoisotopic (exact) mass is 197 g/mol. The first kappa shape index (κ1) is 8.85. The molecule has 0 spiro atoms. The van der Waals surface area contributed by atoms with Crippen LogP contribution in [0.4, 0.5) is 0 Å². The molecule has 2 nitrogen and oxygen atoms in total. The number of rotatable bonds is 1. The molecular weight excluding hydrogens is 186 g/mol. The van der Waals surface area contributed by atoms with Crippen molar-refractivity contribution in [2.45, 2.75) is 18.9 Å². The lowest BCUT2D eigenvalue weighted by molar-refractivity contribution is 0.181. The fourth-order valence-corrected chi connectivity index (χ4v) is 1.73. The summed E-state index contributed by atoms with van der Waals surface area (Å²) in [6.07, 6.45) is 2.20. The molecule has 70 valence electrons. The summed E-state index contributed by atoms with van der Waals surface area (Å²) in [4.78, 5) is 0. The van der Waals surface area contributed by atoms with Gasteiger partial charge in [-0.3, -0.25) is 0 Å². The molecule has 1 unspecified atom stereocenters. The molecule has 0 radical (unpaired) electrons. The molecule has 0 saturated heterocycles. The number of hydrogen-bond donors (Lipinski definition) is 1. The molecule has 0 fully saturated rings. The van der Waals surface area contributed by atoms with Crippen LogP contribution in [0.1, 0.15) is 12.0 Å². The molecule has 1 aliphatic rings. The van der Waals surface area contributed by atoms with Crippen LogP contribution < -0.4 is 10.5 Å². The highest BCUT2D eigenvalue weighted by Crippen LogP contribution is 2.29. The zero-order valence-corrected chi connectivity index (χ0v) is 8.05. The lowest BCUT2D eigenvalue weighted by Crippen LogP contribution is -2.30. The Morgan fingerprint density at radius 2 is 2.38 bits per heavy atom. The van der Waals surface area contributed by atoms with E-state index in [2.05, 4.69) is 0 Å². The third-order valence-electron chi connectivity index (χ3n) is 2.32. The van der Waals surface area contributed by atoms with Crippen LogP contribution in [-0.2, 0) is 6.42 Å². The Hall–Kier alpha value is -0.730. The van der Waals surface area contributed by atoms with E-state index in [4.69, 9.17) is 22.1 Å². The number of nitrogens with two attached hydrogens (primary N) is 1. The first-order valence-corrected chi connectivity index (χ1v) is 4.82. The predicted molar refractivity (Wildman–Crippen MR) is 53.2 cm³/mol. The van der Waals surface area contributed by atoms with Crippen LogP contribution in [0.3, 0.4) is 0 Å². The van der Waals surface area contributed by atoms with Crippen molar-refractivity contribution in [2.75, 3.05) is 6.54 Å². The highest BCUT2D eigenvalue weighted by molar-refractivity contribution is 6.30. The smallest absolute Gasteiger partial charge is 0.124 e. The summed E-state index contributed by atoms with van der Waals surface area (Å²) in [5.41, 5.74) is 6.77. The summed E-state index contributed by atoms with van der Waals surface area (Å²) in [6, 6.07) is 5.77. The number of hydrogen-bond acceptors (Lipinski definition) is 2. The summed E-state index contributed by atoms with van der Waals surface area (Å²) < 4.78 is 5.65. The molecule has 0 bridgehead atoms. The van der Waals surface area contributed by atoms with Crippen molar-refractivity contribution in [3.05, 3.63) is 28.8 Å². The standard InChI is InChI=1S/C10H12ClNO/c11-8-3-1-7-2-4-9(6-12)13-10(7)5-8/h1,3,5,9H,2,4,6,12H2. The van der Waals surface area contributed by atoms with Gasteiger partial charge in [-0.25, -0.2) is 0 Å². The summed E-state index contributed by atoms with van der Waals surface area (Å²) in [6.45, 7) is 0.575. The van der Waals surface area contributed by atoms with E-state index in [0.29, 0.717) is 6.54 Å². The van der Waals surface area contributed by atoms with Gasteiger partial charge >= 0.3 is 0 Å². The Bertz CT molecular complexity index is 314. The second kappa shape index (κ2) is 3.56. The van der Waals surface area contributed by atoms with E-state index in [0.717, 1.165) is 23.6 Å². The lowest BCUT2D eigenvalue weighted by Gasteiger charge is -2.24. The number of ether oxygens (including phenoxy) is 1. The van der Waals surface area contributed by atoms with Crippen LogP contribution in [0.5, 0.6) is 5.75 Å². The molecule has 0 aliphatic carbocycles. The lowest BCUT2D eigenvalue weighted by atomic mass is 10.0. The molecule has 1 heterocycles. The third kappa shape index (κ3) is 1.79. The molecule has 2 N–H and O–H groups in total. The van der Waals surface area contributed by atoms with Crippen molar-refractivity contribution in [1.82, 2.24) is 0 Å². The molecule has 0 amide bonds. The van der Waals surface area contributed by atoms with Crippen LogP contribution in [0.25, 0.3) is 0 Å². The average Bonchev–Trinajstić information content (AvgIpc) is 2.16. The maximum atomic E-state index is 5.86. The van der Waals surface area contributed by atoms with Crippen molar-refractivity contribution in [3.8, 4) is 5.75 Å². The Balaban J connectivity index is 2.27. The first-order chi connectivity index (χ1) is 6.29. The van der Waals surface area contributed by atoms with Crippen molar-refractivity contribution >= 4 is 11.6 Å². The van der Waals surface area contributed by atoms with Gasteiger partial charge in [0, 0.05) is 11.6 Å². The van der Waals surface area contributed by atoms with E-state index < -0.39 is 0 Å². The van der Waals surface area contributed by atoms with Gasteiger partial charge in [0.1, 0.15) is 11.9 Å². The van der Waals surface area contributed by atoms with Gasteiger partial charge in [0.25, 0.3) is 0 Å². The minimum atomic E-state index is 0.158. The summed E-state index contributed by atoms with van der Waals surface area (Å²) in [7, 11) is 0. The minimum absolute atomic E-state index is 0.158. The van der Waals surface area contributed by atoms with Gasteiger partial charge in [-0.15, -0.1) is 0 Å². The molecule has 0 saturated carbocycles. The van der Waals surface area contributed by atoms with Crippen molar-refractivity contribution in [3.63, 3.8) is 0 Å². The number of benzene rings is 1. The molecule has 1 aromatic rings. The average molecular weight is 198 g/mol. The van der Waals surface area contributed by atoms with Gasteiger partial charge < -0.3 is 10.5 Å².